The number of pyridine rings is 1. The molecule has 4 nitrogen and oxygen atoms in total. The summed E-state index contributed by atoms with van der Waals surface area (Å²) in [7, 11) is 0. The summed E-state index contributed by atoms with van der Waals surface area (Å²) in [5.41, 5.74) is 0. The number of fused-ring (bicyclic) bond motifs is 1. The predicted octanol–water partition coefficient (Wildman–Crippen LogP) is 3.54. The number of anilines is 1. The Labute approximate surface area is 124 Å². The van der Waals surface area contributed by atoms with Crippen LogP contribution in [0.3, 0.4) is 0 Å². The molecule has 0 radical (unpaired) electrons. The lowest BCUT2D eigenvalue weighted by atomic mass is 9.79. The average Bonchev–Trinajstić information content (AvgIpc) is 2.53. The van der Waals surface area contributed by atoms with Crippen molar-refractivity contribution < 1.29 is 9.90 Å². The van der Waals surface area contributed by atoms with E-state index in [2.05, 4.69) is 16.4 Å². The van der Waals surface area contributed by atoms with Gasteiger partial charge < -0.3 is 10.4 Å². The first-order valence-corrected chi connectivity index (χ1v) is 7.56. The Balaban J connectivity index is 1.75. The molecule has 1 fully saturated rings. The van der Waals surface area contributed by atoms with Gasteiger partial charge in [-0.2, -0.15) is 0 Å². The van der Waals surface area contributed by atoms with E-state index in [1.807, 2.05) is 24.3 Å². The Morgan fingerprint density at radius 3 is 2.90 bits per heavy atom. The topological polar surface area (TPSA) is 62.2 Å². The molecule has 0 amide bonds. The molecule has 0 bridgehead atoms. The summed E-state index contributed by atoms with van der Waals surface area (Å²) in [5.74, 6) is 0.161. The summed E-state index contributed by atoms with van der Waals surface area (Å²) in [4.78, 5) is 15.7. The van der Waals surface area contributed by atoms with E-state index in [4.69, 9.17) is 0 Å². The third-order valence-electron chi connectivity index (χ3n) is 4.43. The summed E-state index contributed by atoms with van der Waals surface area (Å²) in [5, 5.41) is 14.9. The molecule has 0 saturated heterocycles. The summed E-state index contributed by atoms with van der Waals surface area (Å²) >= 11 is 0. The fourth-order valence-corrected chi connectivity index (χ4v) is 3.27. The summed E-state index contributed by atoms with van der Waals surface area (Å²) in [6.45, 7) is 0.679. The van der Waals surface area contributed by atoms with Gasteiger partial charge in [0.05, 0.1) is 5.92 Å². The van der Waals surface area contributed by atoms with Gasteiger partial charge in [-0.05, 0) is 30.2 Å². The Hall–Kier alpha value is -2.10. The van der Waals surface area contributed by atoms with Crippen LogP contribution in [0.1, 0.15) is 25.7 Å². The number of aliphatic carboxylic acids is 1. The van der Waals surface area contributed by atoms with Gasteiger partial charge in [-0.1, -0.05) is 37.1 Å². The van der Waals surface area contributed by atoms with Crippen LogP contribution in [-0.4, -0.2) is 22.6 Å². The van der Waals surface area contributed by atoms with E-state index in [9.17, 15) is 9.90 Å². The van der Waals surface area contributed by atoms with Gasteiger partial charge in [-0.15, -0.1) is 0 Å². The van der Waals surface area contributed by atoms with Crippen molar-refractivity contribution in [2.75, 3.05) is 11.9 Å². The lowest BCUT2D eigenvalue weighted by molar-refractivity contribution is -0.144. The minimum absolute atomic E-state index is 0.192. The quantitative estimate of drug-likeness (QED) is 0.901. The fraction of sp³-hybridized carbons (Fsp3) is 0.412. The third-order valence-corrected chi connectivity index (χ3v) is 4.43. The molecular formula is C17H20N2O2. The predicted molar refractivity (Wildman–Crippen MR) is 83.3 cm³/mol. The van der Waals surface area contributed by atoms with Crippen LogP contribution in [0.15, 0.2) is 36.5 Å². The highest BCUT2D eigenvalue weighted by Gasteiger charge is 2.30. The van der Waals surface area contributed by atoms with Crippen molar-refractivity contribution in [3.63, 3.8) is 0 Å². The molecule has 0 aliphatic heterocycles. The summed E-state index contributed by atoms with van der Waals surface area (Å²) in [6.07, 6.45) is 5.72. The largest absolute Gasteiger partial charge is 0.481 e. The van der Waals surface area contributed by atoms with Crippen LogP contribution in [0, 0.1) is 11.8 Å². The van der Waals surface area contributed by atoms with E-state index in [1.165, 1.54) is 0 Å². The Bertz CT molecular complexity index is 636. The van der Waals surface area contributed by atoms with E-state index in [0.29, 0.717) is 6.54 Å². The molecule has 2 atom stereocenters. The zero-order valence-electron chi connectivity index (χ0n) is 12.0. The lowest BCUT2D eigenvalue weighted by Crippen LogP contribution is -2.31. The number of hydrogen-bond donors (Lipinski definition) is 2. The smallest absolute Gasteiger partial charge is 0.306 e. The maximum absolute atomic E-state index is 11.3. The minimum atomic E-state index is -0.660. The van der Waals surface area contributed by atoms with Gasteiger partial charge in [0.25, 0.3) is 0 Å². The number of nitrogens with zero attached hydrogens (tertiary/aromatic N) is 1. The molecule has 2 unspecified atom stereocenters. The van der Waals surface area contributed by atoms with Gasteiger partial charge >= 0.3 is 5.97 Å². The first-order valence-electron chi connectivity index (χ1n) is 7.56. The summed E-state index contributed by atoms with van der Waals surface area (Å²) in [6, 6.07) is 10.1. The van der Waals surface area contributed by atoms with Crippen LogP contribution in [0.25, 0.3) is 10.8 Å². The monoisotopic (exact) mass is 284 g/mol. The first-order chi connectivity index (χ1) is 10.3. The van der Waals surface area contributed by atoms with E-state index < -0.39 is 5.97 Å². The molecule has 2 aromatic rings. The van der Waals surface area contributed by atoms with Gasteiger partial charge in [0.15, 0.2) is 0 Å². The van der Waals surface area contributed by atoms with Crippen molar-refractivity contribution in [3.05, 3.63) is 36.5 Å². The molecule has 4 heteroatoms. The lowest BCUT2D eigenvalue weighted by Gasteiger charge is -2.28. The maximum Gasteiger partial charge on any atom is 0.306 e. The molecular weight excluding hydrogens is 264 g/mol. The van der Waals surface area contributed by atoms with Gasteiger partial charge in [0.1, 0.15) is 5.82 Å². The van der Waals surface area contributed by atoms with Crippen LogP contribution in [-0.2, 0) is 4.79 Å². The van der Waals surface area contributed by atoms with Gasteiger partial charge in [-0.3, -0.25) is 4.79 Å². The molecule has 0 spiro atoms. The van der Waals surface area contributed by atoms with Crippen LogP contribution in [0.5, 0.6) is 0 Å². The maximum atomic E-state index is 11.3. The number of carbonyl (C=O) groups is 1. The van der Waals surface area contributed by atoms with Crippen molar-refractivity contribution in [2.24, 2.45) is 11.8 Å². The second-order valence-corrected chi connectivity index (χ2v) is 5.75. The van der Waals surface area contributed by atoms with Gasteiger partial charge in [0.2, 0.25) is 0 Å². The SMILES string of the molecule is O=C(O)C1CCCCC1CNc1nccc2ccccc12. The molecule has 110 valence electrons. The number of aromatic nitrogens is 1. The minimum Gasteiger partial charge on any atom is -0.481 e. The van der Waals surface area contributed by atoms with Crippen molar-refractivity contribution >= 4 is 22.6 Å². The van der Waals surface area contributed by atoms with Crippen molar-refractivity contribution in [2.45, 2.75) is 25.7 Å². The summed E-state index contributed by atoms with van der Waals surface area (Å²) < 4.78 is 0. The Morgan fingerprint density at radius 1 is 1.24 bits per heavy atom. The zero-order valence-corrected chi connectivity index (χ0v) is 12.0. The second kappa shape index (κ2) is 6.12. The highest BCUT2D eigenvalue weighted by atomic mass is 16.4. The highest BCUT2D eigenvalue weighted by Crippen LogP contribution is 2.31. The van der Waals surface area contributed by atoms with E-state index in [1.54, 1.807) is 6.20 Å². The van der Waals surface area contributed by atoms with E-state index in [0.717, 1.165) is 42.3 Å². The number of benzene rings is 1. The molecule has 1 aliphatic carbocycles. The Morgan fingerprint density at radius 2 is 2.05 bits per heavy atom. The molecule has 1 saturated carbocycles. The third kappa shape index (κ3) is 2.99. The van der Waals surface area contributed by atoms with E-state index in [-0.39, 0.29) is 11.8 Å². The molecule has 1 aromatic carbocycles. The zero-order chi connectivity index (χ0) is 14.7. The number of carboxylic acid groups (broad SMARTS) is 1. The van der Waals surface area contributed by atoms with Gasteiger partial charge in [-0.25, -0.2) is 4.98 Å². The van der Waals surface area contributed by atoms with Crippen molar-refractivity contribution in [1.29, 1.82) is 0 Å². The highest BCUT2D eigenvalue weighted by molar-refractivity contribution is 5.91. The molecule has 1 heterocycles. The number of nitrogens with one attached hydrogen (secondary N) is 1. The van der Waals surface area contributed by atoms with E-state index >= 15 is 0 Å². The van der Waals surface area contributed by atoms with Gasteiger partial charge in [0, 0.05) is 18.1 Å². The molecule has 1 aliphatic rings. The normalized spacial score (nSPS) is 22.1. The number of rotatable bonds is 4. The Kier molecular flexibility index (Phi) is 4.04. The number of hydrogen-bond acceptors (Lipinski definition) is 3. The average molecular weight is 284 g/mol. The van der Waals surface area contributed by atoms with Crippen LogP contribution in [0.2, 0.25) is 0 Å². The van der Waals surface area contributed by atoms with Crippen molar-refractivity contribution in [3.8, 4) is 0 Å². The molecule has 21 heavy (non-hydrogen) atoms. The molecule has 1 aromatic heterocycles. The number of carboxylic acids is 1. The standard InChI is InChI=1S/C17H20N2O2/c20-17(21)15-8-4-2-6-13(15)11-19-16-14-7-3-1-5-12(14)9-10-18-16/h1,3,5,7,9-10,13,15H,2,4,6,8,11H2,(H,18,19)(H,20,21). The molecule has 3 rings (SSSR count). The molecule has 2 N–H and O–H groups in total. The van der Waals surface area contributed by atoms with Crippen molar-refractivity contribution in [1.82, 2.24) is 4.98 Å². The van der Waals surface area contributed by atoms with Crippen LogP contribution >= 0.6 is 0 Å². The second-order valence-electron chi connectivity index (χ2n) is 5.75. The first kappa shape index (κ1) is 13.9. The van der Waals surface area contributed by atoms with Crippen LogP contribution in [0.4, 0.5) is 5.82 Å². The van der Waals surface area contributed by atoms with Crippen LogP contribution < -0.4 is 5.32 Å². The fourth-order valence-electron chi connectivity index (χ4n) is 3.27.